The van der Waals surface area contributed by atoms with Crippen molar-refractivity contribution < 1.29 is 38.1 Å². The molecule has 3 aliphatic carbocycles. The highest BCUT2D eigenvalue weighted by molar-refractivity contribution is 5.86. The second-order valence-corrected chi connectivity index (χ2v) is 10.6. The fraction of sp³-hybridized carbons (Fsp3) is 0.800. The van der Waals surface area contributed by atoms with Crippen molar-refractivity contribution in [3.63, 3.8) is 0 Å². The normalized spacial score (nSPS) is 21.4. The van der Waals surface area contributed by atoms with Gasteiger partial charge in [-0.05, 0) is 102 Å². The Morgan fingerprint density at radius 1 is 0.700 bits per heavy atom. The van der Waals surface area contributed by atoms with Gasteiger partial charge < -0.3 is 29.6 Å². The van der Waals surface area contributed by atoms with E-state index in [4.69, 9.17) is 9.47 Å². The van der Waals surface area contributed by atoms with Crippen LogP contribution in [0.3, 0.4) is 0 Å². The summed E-state index contributed by atoms with van der Waals surface area (Å²) in [5.74, 6) is 4.15. The Morgan fingerprint density at radius 2 is 1.18 bits per heavy atom. The van der Waals surface area contributed by atoms with E-state index in [1.54, 1.807) is 59.3 Å². The molecule has 2 amide bonds. The van der Waals surface area contributed by atoms with E-state index in [9.17, 15) is 19.2 Å². The molecule has 0 aliphatic heterocycles. The Morgan fingerprint density at radius 3 is 1.60 bits per heavy atom. The molecule has 10 nitrogen and oxygen atoms in total. The van der Waals surface area contributed by atoms with Crippen molar-refractivity contribution in [3.05, 3.63) is 12.2 Å². The number of carbonyl (C=O) groups is 4. The van der Waals surface area contributed by atoms with Gasteiger partial charge in [-0.3, -0.25) is 4.79 Å². The Balaban J connectivity index is 0.000000305. The second-order valence-electron chi connectivity index (χ2n) is 10.6. The number of fused-ring (bicyclic) bond motifs is 5. The monoisotopic (exact) mass is 568 g/mol. The smallest absolute Gasteiger partial charge is 0.407 e. The lowest BCUT2D eigenvalue weighted by atomic mass is 9.82. The highest BCUT2D eigenvalue weighted by atomic mass is 16.6. The average molecular weight is 569 g/mol. The van der Waals surface area contributed by atoms with Gasteiger partial charge >= 0.3 is 24.1 Å². The van der Waals surface area contributed by atoms with E-state index in [0.29, 0.717) is 51.5 Å². The molecule has 0 aromatic heterocycles. The maximum absolute atomic E-state index is 11.0. The zero-order chi connectivity index (χ0) is 29.8. The summed E-state index contributed by atoms with van der Waals surface area (Å²) in [6.07, 6.45) is 11.7. The summed E-state index contributed by atoms with van der Waals surface area (Å²) < 4.78 is 18.9. The van der Waals surface area contributed by atoms with Crippen LogP contribution in [-0.4, -0.2) is 63.6 Å². The molecule has 40 heavy (non-hydrogen) atoms. The largest absolute Gasteiger partial charge is 0.466 e. The molecule has 4 unspecified atom stereocenters. The number of rotatable bonds is 13. The number of esters is 2. The van der Waals surface area contributed by atoms with Crippen LogP contribution in [0.5, 0.6) is 0 Å². The predicted molar refractivity (Wildman–Crippen MR) is 153 cm³/mol. The number of alkyl carbamates (subject to hydrolysis) is 2. The highest BCUT2D eigenvalue weighted by Gasteiger charge is 2.48. The van der Waals surface area contributed by atoms with Crippen molar-refractivity contribution in [1.29, 1.82) is 0 Å². The second kappa shape index (κ2) is 21.0. The molecular formula is C30H52N2O8. The van der Waals surface area contributed by atoms with Crippen molar-refractivity contribution in [2.75, 3.05) is 39.5 Å². The van der Waals surface area contributed by atoms with Crippen molar-refractivity contribution >= 4 is 24.1 Å². The molecule has 10 heteroatoms. The van der Waals surface area contributed by atoms with Gasteiger partial charge in [0, 0.05) is 25.6 Å². The lowest BCUT2D eigenvalue weighted by Gasteiger charge is -2.23. The highest BCUT2D eigenvalue weighted by Crippen LogP contribution is 2.58. The van der Waals surface area contributed by atoms with Gasteiger partial charge in [-0.2, -0.15) is 0 Å². The molecule has 2 bridgehead atoms. The maximum atomic E-state index is 11.0. The molecule has 3 aliphatic rings. The lowest BCUT2D eigenvalue weighted by Crippen LogP contribution is -2.25. The van der Waals surface area contributed by atoms with Crippen molar-refractivity contribution in [2.24, 2.45) is 23.7 Å². The number of amides is 2. The molecule has 0 aromatic rings. The van der Waals surface area contributed by atoms with E-state index in [1.807, 2.05) is 0 Å². The average Bonchev–Trinajstić information content (AvgIpc) is 3.65. The zero-order valence-electron chi connectivity index (χ0n) is 25.1. The third-order valence-electron chi connectivity index (χ3n) is 7.47. The van der Waals surface area contributed by atoms with E-state index in [0.717, 1.165) is 19.3 Å². The van der Waals surface area contributed by atoms with Gasteiger partial charge in [0.2, 0.25) is 0 Å². The molecule has 4 atom stereocenters. The number of unbranched alkanes of at least 4 members (excludes halogenated alkanes) is 2. The van der Waals surface area contributed by atoms with Crippen LogP contribution < -0.4 is 10.6 Å². The standard InChI is InChI=1S/C11H19NO4.C10H16.C9H17NO4/c1-4-15-11(14)12-7-5-6-8-16-10(13)9(2)3;1-2-9-7-4-5-8(6-7)10(9)3-1;1-3-13-9(12)10-6-4-5-7-14-8(2)11/h2,4-8H2,1,3H3,(H,12,14);7-10H,1-6H2;3-7H2,1-2H3,(H,10,12). The number of ether oxygens (including phenoxy) is 4. The van der Waals surface area contributed by atoms with E-state index >= 15 is 0 Å². The summed E-state index contributed by atoms with van der Waals surface area (Å²) >= 11 is 0. The first-order chi connectivity index (χ1) is 19.2. The molecule has 0 radical (unpaired) electrons. The summed E-state index contributed by atoms with van der Waals surface area (Å²) in [5, 5.41) is 5.15. The molecule has 0 heterocycles. The van der Waals surface area contributed by atoms with Crippen molar-refractivity contribution in [3.8, 4) is 0 Å². The van der Waals surface area contributed by atoms with E-state index in [1.165, 1.54) is 30.6 Å². The summed E-state index contributed by atoms with van der Waals surface area (Å²) in [4.78, 5) is 42.9. The van der Waals surface area contributed by atoms with Crippen LogP contribution in [0.25, 0.3) is 0 Å². The molecule has 3 fully saturated rings. The molecule has 230 valence electrons. The van der Waals surface area contributed by atoms with Gasteiger partial charge in [-0.25, -0.2) is 14.4 Å². The van der Waals surface area contributed by atoms with Gasteiger partial charge in [0.15, 0.2) is 0 Å². The number of hydrogen-bond acceptors (Lipinski definition) is 8. The van der Waals surface area contributed by atoms with Gasteiger partial charge in [0.25, 0.3) is 0 Å². The first kappa shape index (κ1) is 35.2. The van der Waals surface area contributed by atoms with Crippen LogP contribution in [-0.2, 0) is 28.5 Å². The maximum Gasteiger partial charge on any atom is 0.407 e. The fourth-order valence-corrected chi connectivity index (χ4v) is 5.72. The first-order valence-electron chi connectivity index (χ1n) is 15.0. The van der Waals surface area contributed by atoms with Gasteiger partial charge in [-0.1, -0.05) is 13.0 Å². The minimum Gasteiger partial charge on any atom is -0.466 e. The molecular weight excluding hydrogens is 516 g/mol. The van der Waals surface area contributed by atoms with Crippen LogP contribution in [0.1, 0.15) is 91.9 Å². The van der Waals surface area contributed by atoms with Crippen LogP contribution in [0.4, 0.5) is 9.59 Å². The third kappa shape index (κ3) is 15.1. The Bertz CT molecular complexity index is 772. The van der Waals surface area contributed by atoms with Crippen LogP contribution >= 0.6 is 0 Å². The molecule has 0 aromatic carbocycles. The topological polar surface area (TPSA) is 129 Å². The zero-order valence-corrected chi connectivity index (χ0v) is 25.1. The number of nitrogens with one attached hydrogen (secondary N) is 2. The Kier molecular flexibility index (Phi) is 18.5. The lowest BCUT2D eigenvalue weighted by molar-refractivity contribution is -0.141. The van der Waals surface area contributed by atoms with Crippen LogP contribution in [0.15, 0.2) is 12.2 Å². The van der Waals surface area contributed by atoms with Crippen LogP contribution in [0.2, 0.25) is 0 Å². The van der Waals surface area contributed by atoms with Gasteiger partial charge in [0.1, 0.15) is 0 Å². The third-order valence-corrected chi connectivity index (χ3v) is 7.47. The van der Waals surface area contributed by atoms with Crippen LogP contribution in [0, 0.1) is 23.7 Å². The van der Waals surface area contributed by atoms with Gasteiger partial charge in [0.05, 0.1) is 26.4 Å². The molecule has 3 saturated carbocycles. The SMILES string of the molecule is C1CC2C3CCC(C3)C2C1.C=C(C)C(=O)OCCCCNC(=O)OCC.CCOC(=O)NCCCCOC(C)=O. The van der Waals surface area contributed by atoms with Crippen molar-refractivity contribution in [2.45, 2.75) is 91.9 Å². The molecule has 3 rings (SSSR count). The van der Waals surface area contributed by atoms with E-state index < -0.39 is 12.2 Å². The number of hydrogen-bond donors (Lipinski definition) is 2. The molecule has 2 N–H and O–H groups in total. The summed E-state index contributed by atoms with van der Waals surface area (Å²) in [6.45, 7) is 12.5. The quantitative estimate of drug-likeness (QED) is 0.128. The molecule has 0 spiro atoms. The predicted octanol–water partition coefficient (Wildman–Crippen LogP) is 5.54. The minimum atomic E-state index is -0.415. The first-order valence-corrected chi connectivity index (χ1v) is 15.0. The Labute approximate surface area is 240 Å². The van der Waals surface area contributed by atoms with E-state index in [2.05, 4.69) is 26.7 Å². The Hall–Kier alpha value is -2.78. The van der Waals surface area contributed by atoms with Gasteiger partial charge in [-0.15, -0.1) is 0 Å². The van der Waals surface area contributed by atoms with E-state index in [-0.39, 0.29) is 11.9 Å². The number of carbonyl (C=O) groups excluding carboxylic acids is 4. The van der Waals surface area contributed by atoms with Crippen molar-refractivity contribution in [1.82, 2.24) is 10.6 Å². The summed E-state index contributed by atoms with van der Waals surface area (Å²) in [6, 6.07) is 0. The molecule has 0 saturated heterocycles. The summed E-state index contributed by atoms with van der Waals surface area (Å²) in [5.41, 5.74) is 0.393. The minimum absolute atomic E-state index is 0.275. The fourth-order valence-electron chi connectivity index (χ4n) is 5.72. The summed E-state index contributed by atoms with van der Waals surface area (Å²) in [7, 11) is 0.